The van der Waals surface area contributed by atoms with Crippen molar-refractivity contribution < 1.29 is 28.6 Å². The molecular formula is C71H120O6. The highest BCUT2D eigenvalue weighted by atomic mass is 16.6. The van der Waals surface area contributed by atoms with Gasteiger partial charge in [-0.3, -0.25) is 14.4 Å². The molecule has 0 radical (unpaired) electrons. The zero-order chi connectivity index (χ0) is 55.7. The highest BCUT2D eigenvalue weighted by Gasteiger charge is 2.19. The van der Waals surface area contributed by atoms with E-state index in [1.165, 1.54) is 161 Å². The van der Waals surface area contributed by atoms with Gasteiger partial charge in [0.2, 0.25) is 0 Å². The Morgan fingerprint density at radius 1 is 0.273 bits per heavy atom. The van der Waals surface area contributed by atoms with Crippen LogP contribution in [-0.2, 0) is 28.6 Å². The minimum Gasteiger partial charge on any atom is -0.462 e. The monoisotopic (exact) mass is 1070 g/mol. The van der Waals surface area contributed by atoms with Gasteiger partial charge in [-0.25, -0.2) is 0 Å². The van der Waals surface area contributed by atoms with Crippen molar-refractivity contribution in [3.05, 3.63) is 109 Å². The summed E-state index contributed by atoms with van der Waals surface area (Å²) in [5.74, 6) is -0.998. The van der Waals surface area contributed by atoms with Crippen molar-refractivity contribution in [2.24, 2.45) is 0 Å². The molecule has 0 aliphatic rings. The Morgan fingerprint density at radius 2 is 0.532 bits per heavy atom. The molecule has 6 nitrogen and oxygen atoms in total. The summed E-state index contributed by atoms with van der Waals surface area (Å²) in [4.78, 5) is 38.2. The quantitative estimate of drug-likeness (QED) is 0.0261. The zero-order valence-corrected chi connectivity index (χ0v) is 50.4. The van der Waals surface area contributed by atoms with Gasteiger partial charge in [0.15, 0.2) is 6.10 Å². The number of ether oxygens (including phenoxy) is 3. The maximum absolute atomic E-state index is 12.9. The molecule has 0 saturated carbocycles. The molecule has 440 valence electrons. The number of carbonyl (C=O) groups excluding carboxylic acids is 3. The fourth-order valence-corrected chi connectivity index (χ4v) is 8.91. The van der Waals surface area contributed by atoms with Gasteiger partial charge in [-0.2, -0.15) is 0 Å². The number of esters is 3. The molecule has 0 aromatic heterocycles. The SMILES string of the molecule is CC/C=C\C/C=C\C/C=C\C/C=C\C/C=C\C/C=C\CCC(=O)OC(COC(=O)CCCCCCC/C=C\CCCCCC)COC(=O)CCCCCCCCCCCCCCCCC/C=C\C/C=C\CCCCCCC. The summed E-state index contributed by atoms with van der Waals surface area (Å²) in [7, 11) is 0. The van der Waals surface area contributed by atoms with Crippen molar-refractivity contribution in [1.82, 2.24) is 0 Å². The topological polar surface area (TPSA) is 78.9 Å². The summed E-state index contributed by atoms with van der Waals surface area (Å²) in [6.45, 7) is 6.45. The van der Waals surface area contributed by atoms with Gasteiger partial charge in [-0.1, -0.05) is 278 Å². The minimum atomic E-state index is -0.824. The highest BCUT2D eigenvalue weighted by Crippen LogP contribution is 2.16. The standard InChI is InChI=1S/C71H120O6/c1-4-7-10-13-16-19-22-25-27-29-31-32-33-34-35-36-37-38-40-41-43-46-49-52-55-58-61-64-70(73)76-67-68(66-75-69(72)63-60-57-54-51-48-45-24-21-18-15-12-9-6-3)77-71(74)65-62-59-56-53-50-47-44-42-39-30-28-26-23-20-17-14-11-8-5-2/h8,11,17,20-22,24-26,28-29,31,39,42,47,50,56,59,68H,4-7,9-10,12-16,18-19,23,27,30,32-38,40-41,43-46,48-49,51-55,57-58,60-67H2,1-3H3/b11-8-,20-17-,24-21-,25-22-,28-26-,31-29-,42-39-,50-47-,59-56-. The van der Waals surface area contributed by atoms with E-state index in [0.717, 1.165) is 96.3 Å². The van der Waals surface area contributed by atoms with E-state index in [0.29, 0.717) is 19.3 Å². The number of hydrogen-bond acceptors (Lipinski definition) is 6. The van der Waals surface area contributed by atoms with Crippen molar-refractivity contribution >= 4 is 17.9 Å². The number of hydrogen-bond donors (Lipinski definition) is 0. The molecule has 0 bridgehead atoms. The van der Waals surface area contributed by atoms with E-state index in [4.69, 9.17) is 14.2 Å². The predicted octanol–water partition coefficient (Wildman–Crippen LogP) is 22.2. The van der Waals surface area contributed by atoms with Crippen LogP contribution in [0.25, 0.3) is 0 Å². The van der Waals surface area contributed by atoms with Crippen LogP contribution in [-0.4, -0.2) is 37.2 Å². The second-order valence-electron chi connectivity index (χ2n) is 21.3. The van der Waals surface area contributed by atoms with Crippen LogP contribution in [0.1, 0.15) is 303 Å². The third kappa shape index (κ3) is 62.8. The van der Waals surface area contributed by atoms with Crippen LogP contribution in [0.15, 0.2) is 109 Å². The first-order valence-electron chi connectivity index (χ1n) is 32.4. The molecule has 0 aliphatic carbocycles. The van der Waals surface area contributed by atoms with Gasteiger partial charge in [-0.05, 0) is 116 Å². The second kappa shape index (κ2) is 64.6. The Morgan fingerprint density at radius 3 is 0.870 bits per heavy atom. The molecule has 6 heteroatoms. The number of rotatable bonds is 58. The lowest BCUT2D eigenvalue weighted by Crippen LogP contribution is -2.30. The Bertz CT molecular complexity index is 1560. The van der Waals surface area contributed by atoms with E-state index >= 15 is 0 Å². The molecule has 0 N–H and O–H groups in total. The Balaban J connectivity index is 4.36. The van der Waals surface area contributed by atoms with Crippen molar-refractivity contribution in [1.29, 1.82) is 0 Å². The summed E-state index contributed by atoms with van der Waals surface area (Å²) in [6, 6.07) is 0. The summed E-state index contributed by atoms with van der Waals surface area (Å²) in [5.41, 5.74) is 0. The summed E-state index contributed by atoms with van der Waals surface area (Å²) >= 11 is 0. The van der Waals surface area contributed by atoms with E-state index < -0.39 is 12.1 Å². The minimum absolute atomic E-state index is 0.111. The maximum Gasteiger partial charge on any atom is 0.306 e. The van der Waals surface area contributed by atoms with Crippen LogP contribution < -0.4 is 0 Å². The first-order valence-corrected chi connectivity index (χ1v) is 32.4. The third-order valence-electron chi connectivity index (χ3n) is 13.7. The largest absolute Gasteiger partial charge is 0.462 e. The van der Waals surface area contributed by atoms with Crippen LogP contribution >= 0.6 is 0 Å². The predicted molar refractivity (Wildman–Crippen MR) is 334 cm³/mol. The Hall–Kier alpha value is -3.93. The van der Waals surface area contributed by atoms with Crippen LogP contribution in [0.4, 0.5) is 0 Å². The van der Waals surface area contributed by atoms with Gasteiger partial charge >= 0.3 is 17.9 Å². The maximum atomic E-state index is 12.9. The van der Waals surface area contributed by atoms with Gasteiger partial charge in [0.05, 0.1) is 0 Å². The average molecular weight is 1070 g/mol. The fraction of sp³-hybridized carbons (Fsp3) is 0.704. The van der Waals surface area contributed by atoms with E-state index in [9.17, 15) is 14.4 Å². The molecule has 0 aromatic rings. The van der Waals surface area contributed by atoms with E-state index in [1.807, 2.05) is 6.08 Å². The normalized spacial score (nSPS) is 12.8. The van der Waals surface area contributed by atoms with Gasteiger partial charge in [0.1, 0.15) is 13.2 Å². The Labute approximate surface area is 476 Å². The van der Waals surface area contributed by atoms with Crippen molar-refractivity contribution in [3.8, 4) is 0 Å². The molecule has 0 heterocycles. The molecule has 0 aromatic carbocycles. The third-order valence-corrected chi connectivity index (χ3v) is 13.7. The number of carbonyl (C=O) groups is 3. The summed E-state index contributed by atoms with van der Waals surface area (Å²) < 4.78 is 16.8. The molecule has 0 amide bonds. The van der Waals surface area contributed by atoms with Crippen molar-refractivity contribution in [3.63, 3.8) is 0 Å². The van der Waals surface area contributed by atoms with E-state index in [-0.39, 0.29) is 31.6 Å². The van der Waals surface area contributed by atoms with Gasteiger partial charge in [0, 0.05) is 19.3 Å². The van der Waals surface area contributed by atoms with Crippen LogP contribution in [0.5, 0.6) is 0 Å². The molecule has 0 fully saturated rings. The molecule has 0 rings (SSSR count). The van der Waals surface area contributed by atoms with Crippen molar-refractivity contribution in [2.75, 3.05) is 13.2 Å². The fourth-order valence-electron chi connectivity index (χ4n) is 8.91. The highest BCUT2D eigenvalue weighted by molar-refractivity contribution is 5.71. The lowest BCUT2D eigenvalue weighted by molar-refractivity contribution is -0.166. The molecular weight excluding hydrogens is 949 g/mol. The molecule has 0 aliphatic heterocycles. The van der Waals surface area contributed by atoms with E-state index in [2.05, 4.69) is 124 Å². The first-order chi connectivity index (χ1) is 38.0. The molecule has 1 atom stereocenters. The lowest BCUT2D eigenvalue weighted by Gasteiger charge is -2.18. The van der Waals surface area contributed by atoms with Crippen LogP contribution in [0.2, 0.25) is 0 Å². The molecule has 77 heavy (non-hydrogen) atoms. The average Bonchev–Trinajstić information content (AvgIpc) is 3.43. The smallest absolute Gasteiger partial charge is 0.306 e. The van der Waals surface area contributed by atoms with Crippen LogP contribution in [0.3, 0.4) is 0 Å². The molecule has 0 spiro atoms. The number of unbranched alkanes of at least 4 members (excludes halogenated alkanes) is 29. The molecule has 1 unspecified atom stereocenters. The van der Waals surface area contributed by atoms with Gasteiger partial charge < -0.3 is 14.2 Å². The van der Waals surface area contributed by atoms with E-state index in [1.54, 1.807) is 0 Å². The van der Waals surface area contributed by atoms with Crippen molar-refractivity contribution in [2.45, 2.75) is 309 Å². The van der Waals surface area contributed by atoms with Gasteiger partial charge in [0.25, 0.3) is 0 Å². The summed E-state index contributed by atoms with van der Waals surface area (Å²) in [5, 5.41) is 0. The number of allylic oxidation sites excluding steroid dienone is 18. The summed E-state index contributed by atoms with van der Waals surface area (Å²) in [6.07, 6.45) is 88.3. The van der Waals surface area contributed by atoms with Gasteiger partial charge in [-0.15, -0.1) is 0 Å². The first kappa shape index (κ1) is 73.1. The lowest BCUT2D eigenvalue weighted by atomic mass is 10.0. The zero-order valence-electron chi connectivity index (χ0n) is 50.4. The molecule has 0 saturated heterocycles. The Kier molecular flexibility index (Phi) is 61.3. The van der Waals surface area contributed by atoms with Crippen LogP contribution in [0, 0.1) is 0 Å². The second-order valence-corrected chi connectivity index (χ2v) is 21.3.